The third-order valence-electron chi connectivity index (χ3n) is 3.75. The van der Waals surface area contributed by atoms with Gasteiger partial charge < -0.3 is 14.9 Å². The summed E-state index contributed by atoms with van der Waals surface area (Å²) in [6.45, 7) is 8.34. The van der Waals surface area contributed by atoms with Gasteiger partial charge >= 0.3 is 0 Å². The minimum atomic E-state index is -0.107. The highest BCUT2D eigenvalue weighted by Gasteiger charge is 2.18. The van der Waals surface area contributed by atoms with Crippen LogP contribution in [0.5, 0.6) is 0 Å². The van der Waals surface area contributed by atoms with Gasteiger partial charge in [-0.2, -0.15) is 0 Å². The molecule has 0 bridgehead atoms. The van der Waals surface area contributed by atoms with E-state index in [4.69, 9.17) is 9.63 Å². The summed E-state index contributed by atoms with van der Waals surface area (Å²) in [5, 5.41) is 15.8. The summed E-state index contributed by atoms with van der Waals surface area (Å²) in [4.78, 5) is 12.3. The van der Waals surface area contributed by atoms with Crippen LogP contribution in [0.2, 0.25) is 0 Å². The van der Waals surface area contributed by atoms with Gasteiger partial charge in [0.05, 0.1) is 5.56 Å². The third-order valence-corrected chi connectivity index (χ3v) is 3.75. The van der Waals surface area contributed by atoms with E-state index in [0.717, 1.165) is 17.1 Å². The number of aliphatic hydroxyl groups is 1. The Bertz CT molecular complexity index is 658. The Balaban J connectivity index is 2.17. The van der Waals surface area contributed by atoms with Crippen molar-refractivity contribution in [3.63, 3.8) is 0 Å². The number of aromatic nitrogens is 2. The molecular formula is C16H23N3O3. The smallest absolute Gasteiger partial charge is 0.253 e. The lowest BCUT2D eigenvalue weighted by Gasteiger charge is -2.11. The molecule has 2 rings (SSSR count). The van der Waals surface area contributed by atoms with E-state index in [1.165, 1.54) is 0 Å². The molecule has 2 aromatic heterocycles. The molecule has 0 spiro atoms. The molecule has 2 heterocycles. The lowest BCUT2D eigenvalue weighted by molar-refractivity contribution is 0.0945. The van der Waals surface area contributed by atoms with E-state index in [-0.39, 0.29) is 18.4 Å². The molecule has 0 aliphatic carbocycles. The van der Waals surface area contributed by atoms with Gasteiger partial charge in [0, 0.05) is 30.6 Å². The van der Waals surface area contributed by atoms with Crippen LogP contribution in [0.15, 0.2) is 16.7 Å². The Hall–Kier alpha value is -2.08. The first-order valence-electron chi connectivity index (χ1n) is 7.45. The summed E-state index contributed by atoms with van der Waals surface area (Å²) in [5.41, 5.74) is 2.40. The molecule has 1 unspecified atom stereocenters. The Kier molecular flexibility index (Phi) is 5.03. The van der Waals surface area contributed by atoms with E-state index in [0.29, 0.717) is 24.3 Å². The van der Waals surface area contributed by atoms with E-state index in [1.54, 1.807) is 0 Å². The summed E-state index contributed by atoms with van der Waals surface area (Å²) in [5.74, 6) is 1.55. The molecule has 2 aromatic rings. The van der Waals surface area contributed by atoms with Crippen LogP contribution >= 0.6 is 0 Å². The number of carbonyl (C=O) groups is 1. The summed E-state index contributed by atoms with van der Waals surface area (Å²) in [6, 6.07) is 3.69. The Morgan fingerprint density at radius 1 is 1.41 bits per heavy atom. The first-order valence-corrected chi connectivity index (χ1v) is 7.45. The van der Waals surface area contributed by atoms with Gasteiger partial charge in [-0.05, 0) is 39.2 Å². The van der Waals surface area contributed by atoms with Crippen molar-refractivity contribution in [1.82, 2.24) is 15.0 Å². The maximum absolute atomic E-state index is 12.3. The average Bonchev–Trinajstić information content (AvgIpc) is 3.00. The lowest BCUT2D eigenvalue weighted by Crippen LogP contribution is -2.29. The van der Waals surface area contributed by atoms with Crippen molar-refractivity contribution < 1.29 is 14.4 Å². The predicted octanol–water partition coefficient (Wildman–Crippen LogP) is 2.14. The minimum Gasteiger partial charge on any atom is -0.396 e. The summed E-state index contributed by atoms with van der Waals surface area (Å²) in [7, 11) is 0. The van der Waals surface area contributed by atoms with Crippen LogP contribution in [0.4, 0.5) is 0 Å². The second-order valence-corrected chi connectivity index (χ2v) is 5.74. The van der Waals surface area contributed by atoms with Gasteiger partial charge in [-0.1, -0.05) is 12.1 Å². The quantitative estimate of drug-likeness (QED) is 0.857. The van der Waals surface area contributed by atoms with E-state index in [1.807, 2.05) is 44.4 Å². The molecule has 1 atom stereocenters. The number of aliphatic hydroxyl groups excluding tert-OH is 1. The van der Waals surface area contributed by atoms with Crippen molar-refractivity contribution in [2.75, 3.05) is 13.2 Å². The molecule has 0 saturated heterocycles. The molecule has 120 valence electrons. The molecule has 6 heteroatoms. The topological polar surface area (TPSA) is 80.3 Å². The number of carbonyl (C=O) groups excluding carboxylic acids is 1. The van der Waals surface area contributed by atoms with Gasteiger partial charge in [-0.25, -0.2) is 0 Å². The van der Waals surface area contributed by atoms with Crippen molar-refractivity contribution in [3.05, 3.63) is 34.8 Å². The Labute approximate surface area is 130 Å². The van der Waals surface area contributed by atoms with Crippen LogP contribution in [-0.2, 0) is 0 Å². The van der Waals surface area contributed by atoms with Gasteiger partial charge in [0.25, 0.3) is 5.91 Å². The van der Waals surface area contributed by atoms with Crippen molar-refractivity contribution in [1.29, 1.82) is 0 Å². The normalized spacial score (nSPS) is 12.4. The Morgan fingerprint density at radius 2 is 2.14 bits per heavy atom. The monoisotopic (exact) mass is 305 g/mol. The fraction of sp³-hybridized carbons (Fsp3) is 0.500. The second-order valence-electron chi connectivity index (χ2n) is 5.74. The number of amides is 1. The van der Waals surface area contributed by atoms with Crippen molar-refractivity contribution in [2.45, 2.75) is 34.1 Å². The van der Waals surface area contributed by atoms with E-state index in [9.17, 15) is 4.79 Å². The van der Waals surface area contributed by atoms with Crippen LogP contribution in [-0.4, -0.2) is 33.9 Å². The summed E-state index contributed by atoms with van der Waals surface area (Å²) >= 11 is 0. The van der Waals surface area contributed by atoms with Crippen LogP contribution in [0, 0.1) is 26.7 Å². The highest BCUT2D eigenvalue weighted by atomic mass is 16.5. The van der Waals surface area contributed by atoms with Gasteiger partial charge in [0.15, 0.2) is 5.82 Å². The molecule has 2 N–H and O–H groups in total. The maximum Gasteiger partial charge on any atom is 0.253 e. The molecule has 0 aliphatic rings. The molecule has 0 aromatic carbocycles. The molecule has 1 amide bonds. The van der Waals surface area contributed by atoms with Gasteiger partial charge in [0.1, 0.15) is 5.76 Å². The number of aryl methyl sites for hydroxylation is 2. The summed E-state index contributed by atoms with van der Waals surface area (Å²) in [6.07, 6.45) is 0.678. The average molecular weight is 305 g/mol. The van der Waals surface area contributed by atoms with Crippen LogP contribution in [0.1, 0.15) is 40.9 Å². The second kappa shape index (κ2) is 6.79. The fourth-order valence-corrected chi connectivity index (χ4v) is 2.49. The number of rotatable bonds is 6. The maximum atomic E-state index is 12.3. The fourth-order valence-electron chi connectivity index (χ4n) is 2.49. The molecule has 0 radical (unpaired) electrons. The van der Waals surface area contributed by atoms with Crippen LogP contribution in [0.3, 0.4) is 0 Å². The molecule has 22 heavy (non-hydrogen) atoms. The predicted molar refractivity (Wildman–Crippen MR) is 83.2 cm³/mol. The zero-order valence-corrected chi connectivity index (χ0v) is 13.5. The van der Waals surface area contributed by atoms with Crippen LogP contribution in [0.25, 0.3) is 5.82 Å². The van der Waals surface area contributed by atoms with E-state index in [2.05, 4.69) is 10.5 Å². The number of nitrogens with one attached hydrogen (secondary N) is 1. The van der Waals surface area contributed by atoms with Gasteiger partial charge in [-0.3, -0.25) is 9.36 Å². The van der Waals surface area contributed by atoms with Crippen molar-refractivity contribution in [3.8, 4) is 5.82 Å². The Morgan fingerprint density at radius 3 is 2.73 bits per heavy atom. The first kappa shape index (κ1) is 16.3. The highest BCUT2D eigenvalue weighted by Crippen LogP contribution is 2.20. The zero-order chi connectivity index (χ0) is 16.3. The number of nitrogens with zero attached hydrogens (tertiary/aromatic N) is 2. The lowest BCUT2D eigenvalue weighted by atomic mass is 10.1. The number of hydrogen-bond donors (Lipinski definition) is 2. The molecule has 0 fully saturated rings. The third kappa shape index (κ3) is 3.39. The summed E-state index contributed by atoms with van der Waals surface area (Å²) < 4.78 is 7.01. The molecule has 0 aliphatic heterocycles. The highest BCUT2D eigenvalue weighted by molar-refractivity contribution is 5.95. The standard InChI is InChI=1S/C16H23N3O3/c1-10(5-6-20)9-17-16(21)14-7-11(2)19(13(14)4)15-8-12(3)22-18-15/h7-8,10,20H,5-6,9H2,1-4H3,(H,17,21). The largest absolute Gasteiger partial charge is 0.396 e. The molecule has 0 saturated carbocycles. The zero-order valence-electron chi connectivity index (χ0n) is 13.5. The van der Waals surface area contributed by atoms with Crippen LogP contribution < -0.4 is 5.32 Å². The molecular weight excluding hydrogens is 282 g/mol. The minimum absolute atomic E-state index is 0.107. The van der Waals surface area contributed by atoms with E-state index >= 15 is 0 Å². The first-order chi connectivity index (χ1) is 10.4. The van der Waals surface area contributed by atoms with Crippen molar-refractivity contribution >= 4 is 5.91 Å². The molecule has 6 nitrogen and oxygen atoms in total. The van der Waals surface area contributed by atoms with Gasteiger partial charge in [0.2, 0.25) is 0 Å². The number of hydrogen-bond acceptors (Lipinski definition) is 4. The van der Waals surface area contributed by atoms with E-state index < -0.39 is 0 Å². The van der Waals surface area contributed by atoms with Gasteiger partial charge in [-0.15, -0.1) is 0 Å². The SMILES string of the molecule is Cc1cc(-n2c(C)cc(C(=O)NCC(C)CCO)c2C)no1. The van der Waals surface area contributed by atoms with Crippen molar-refractivity contribution in [2.24, 2.45) is 5.92 Å².